The third-order valence-electron chi connectivity index (χ3n) is 1.86. The van der Waals surface area contributed by atoms with Crippen LogP contribution in [-0.2, 0) is 6.42 Å². The molecule has 0 saturated heterocycles. The Labute approximate surface area is 81.1 Å². The summed E-state index contributed by atoms with van der Waals surface area (Å²) in [6, 6.07) is 4.34. The molecule has 0 unspecified atom stereocenters. The maximum absolute atomic E-state index is 10.4. The van der Waals surface area contributed by atoms with Gasteiger partial charge in [0, 0.05) is 12.7 Å². The lowest BCUT2D eigenvalue weighted by Gasteiger charge is -2.06. The van der Waals surface area contributed by atoms with Crippen molar-refractivity contribution < 1.29 is 14.8 Å². The van der Waals surface area contributed by atoms with Crippen LogP contribution in [0.15, 0.2) is 18.2 Å². The number of nitro benzene ring substituents is 1. The second-order valence-corrected chi connectivity index (χ2v) is 2.73. The minimum absolute atomic E-state index is 0.00578. The second kappa shape index (κ2) is 4.57. The molecule has 0 atom stereocenters. The van der Waals surface area contributed by atoms with Gasteiger partial charge in [-0.3, -0.25) is 10.1 Å². The average molecular weight is 197 g/mol. The van der Waals surface area contributed by atoms with Gasteiger partial charge in [0.05, 0.1) is 18.1 Å². The zero-order valence-electron chi connectivity index (χ0n) is 7.77. The molecule has 0 aromatic heterocycles. The summed E-state index contributed by atoms with van der Waals surface area (Å²) in [6.45, 7) is -0.00578. The van der Waals surface area contributed by atoms with Crippen molar-refractivity contribution in [1.29, 1.82) is 0 Å². The molecule has 5 nitrogen and oxygen atoms in total. The fourth-order valence-electron chi connectivity index (χ4n) is 1.17. The second-order valence-electron chi connectivity index (χ2n) is 2.73. The van der Waals surface area contributed by atoms with E-state index < -0.39 is 4.92 Å². The third-order valence-corrected chi connectivity index (χ3v) is 1.86. The Balaban J connectivity index is 3.04. The predicted molar refractivity (Wildman–Crippen MR) is 50.4 cm³/mol. The summed E-state index contributed by atoms with van der Waals surface area (Å²) in [4.78, 5) is 9.96. The van der Waals surface area contributed by atoms with Crippen LogP contribution in [0, 0.1) is 10.1 Å². The number of hydrogen-bond donors (Lipinski definition) is 1. The lowest BCUT2D eigenvalue weighted by molar-refractivity contribution is -0.384. The van der Waals surface area contributed by atoms with Crippen LogP contribution in [-0.4, -0.2) is 23.7 Å². The number of nitrogens with zero attached hydrogens (tertiary/aromatic N) is 1. The Bertz CT molecular complexity index is 338. The van der Waals surface area contributed by atoms with Gasteiger partial charge in [-0.2, -0.15) is 0 Å². The molecule has 0 fully saturated rings. The van der Waals surface area contributed by atoms with Crippen LogP contribution < -0.4 is 4.74 Å². The quantitative estimate of drug-likeness (QED) is 0.580. The zero-order chi connectivity index (χ0) is 10.6. The molecular weight excluding hydrogens is 186 g/mol. The number of rotatable bonds is 4. The average Bonchev–Trinajstić information content (AvgIpc) is 2.18. The van der Waals surface area contributed by atoms with Crippen LogP contribution in [0.2, 0.25) is 0 Å². The SMILES string of the molecule is COc1cc([N+](=O)[O-])ccc1CCO. The molecule has 0 amide bonds. The first-order valence-corrected chi connectivity index (χ1v) is 4.11. The van der Waals surface area contributed by atoms with E-state index in [1.165, 1.54) is 19.2 Å². The van der Waals surface area contributed by atoms with E-state index in [-0.39, 0.29) is 12.3 Å². The topological polar surface area (TPSA) is 72.6 Å². The first-order chi connectivity index (χ1) is 6.69. The fourth-order valence-corrected chi connectivity index (χ4v) is 1.17. The smallest absolute Gasteiger partial charge is 0.273 e. The molecule has 0 radical (unpaired) electrons. The van der Waals surface area contributed by atoms with Crippen LogP contribution >= 0.6 is 0 Å². The lowest BCUT2D eigenvalue weighted by atomic mass is 10.1. The number of methoxy groups -OCH3 is 1. The van der Waals surface area contributed by atoms with Crippen LogP contribution in [0.5, 0.6) is 5.75 Å². The molecule has 1 aromatic carbocycles. The van der Waals surface area contributed by atoms with E-state index in [4.69, 9.17) is 9.84 Å². The van der Waals surface area contributed by atoms with Crippen LogP contribution in [0.4, 0.5) is 5.69 Å². The van der Waals surface area contributed by atoms with E-state index in [1.807, 2.05) is 0 Å². The number of ether oxygens (including phenoxy) is 1. The molecule has 0 saturated carbocycles. The first kappa shape index (κ1) is 10.5. The van der Waals surface area contributed by atoms with Crippen molar-refractivity contribution >= 4 is 5.69 Å². The number of non-ortho nitro benzene ring substituents is 1. The molecule has 1 aromatic rings. The van der Waals surface area contributed by atoms with Gasteiger partial charge in [0.2, 0.25) is 0 Å². The molecule has 14 heavy (non-hydrogen) atoms. The lowest BCUT2D eigenvalue weighted by Crippen LogP contribution is -1.97. The van der Waals surface area contributed by atoms with Crippen molar-refractivity contribution in [3.8, 4) is 5.75 Å². The van der Waals surface area contributed by atoms with Crippen LogP contribution in [0.3, 0.4) is 0 Å². The Hall–Kier alpha value is -1.62. The Morgan fingerprint density at radius 3 is 2.79 bits per heavy atom. The monoisotopic (exact) mass is 197 g/mol. The van der Waals surface area contributed by atoms with Crippen molar-refractivity contribution in [3.63, 3.8) is 0 Å². The predicted octanol–water partition coefficient (Wildman–Crippen LogP) is 1.14. The summed E-state index contributed by atoms with van der Waals surface area (Å²) in [5.41, 5.74) is 0.754. The highest BCUT2D eigenvalue weighted by molar-refractivity contribution is 5.44. The largest absolute Gasteiger partial charge is 0.496 e. The number of hydrogen-bond acceptors (Lipinski definition) is 4. The van der Waals surface area contributed by atoms with Crippen LogP contribution in [0.1, 0.15) is 5.56 Å². The van der Waals surface area contributed by atoms with Crippen molar-refractivity contribution in [2.75, 3.05) is 13.7 Å². The van der Waals surface area contributed by atoms with Gasteiger partial charge in [0.25, 0.3) is 5.69 Å². The molecule has 1 N–H and O–H groups in total. The molecule has 76 valence electrons. The molecule has 0 aliphatic rings. The van der Waals surface area contributed by atoms with E-state index in [9.17, 15) is 10.1 Å². The van der Waals surface area contributed by atoms with Gasteiger partial charge in [-0.1, -0.05) is 0 Å². The van der Waals surface area contributed by atoms with E-state index in [0.717, 1.165) is 5.56 Å². The van der Waals surface area contributed by atoms with Crippen molar-refractivity contribution in [3.05, 3.63) is 33.9 Å². The Morgan fingerprint density at radius 2 is 2.29 bits per heavy atom. The van der Waals surface area contributed by atoms with Gasteiger partial charge in [-0.15, -0.1) is 0 Å². The summed E-state index contributed by atoms with van der Waals surface area (Å²) < 4.78 is 4.97. The highest BCUT2D eigenvalue weighted by atomic mass is 16.6. The standard InChI is InChI=1S/C9H11NO4/c1-14-9-6-8(10(12)13)3-2-7(9)4-5-11/h2-3,6,11H,4-5H2,1H3. The van der Waals surface area contributed by atoms with Crippen molar-refractivity contribution in [1.82, 2.24) is 0 Å². The number of aliphatic hydroxyl groups is 1. The first-order valence-electron chi connectivity index (χ1n) is 4.11. The molecule has 1 rings (SSSR count). The van der Waals surface area contributed by atoms with Crippen LogP contribution in [0.25, 0.3) is 0 Å². The highest BCUT2D eigenvalue weighted by Crippen LogP contribution is 2.24. The molecule has 0 spiro atoms. The molecule has 0 aliphatic carbocycles. The highest BCUT2D eigenvalue weighted by Gasteiger charge is 2.10. The summed E-state index contributed by atoms with van der Waals surface area (Å²) in [7, 11) is 1.44. The number of aliphatic hydroxyl groups excluding tert-OH is 1. The molecule has 0 heterocycles. The third kappa shape index (κ3) is 2.20. The van der Waals surface area contributed by atoms with Crippen molar-refractivity contribution in [2.24, 2.45) is 0 Å². The molecular formula is C9H11NO4. The van der Waals surface area contributed by atoms with Gasteiger partial charge in [0.1, 0.15) is 5.75 Å². The summed E-state index contributed by atoms with van der Waals surface area (Å²) >= 11 is 0. The Kier molecular flexibility index (Phi) is 3.41. The van der Waals surface area contributed by atoms with Gasteiger partial charge < -0.3 is 9.84 Å². The number of nitro groups is 1. The van der Waals surface area contributed by atoms with E-state index in [2.05, 4.69) is 0 Å². The van der Waals surface area contributed by atoms with E-state index in [0.29, 0.717) is 12.2 Å². The Morgan fingerprint density at radius 1 is 1.57 bits per heavy atom. The summed E-state index contributed by atoms with van der Waals surface area (Å²) in [6.07, 6.45) is 0.432. The minimum Gasteiger partial charge on any atom is -0.496 e. The zero-order valence-corrected chi connectivity index (χ0v) is 7.77. The molecule has 0 aliphatic heterocycles. The van der Waals surface area contributed by atoms with Gasteiger partial charge in [-0.25, -0.2) is 0 Å². The van der Waals surface area contributed by atoms with Gasteiger partial charge >= 0.3 is 0 Å². The number of benzene rings is 1. The van der Waals surface area contributed by atoms with Gasteiger partial charge in [-0.05, 0) is 18.1 Å². The minimum atomic E-state index is -0.481. The molecule has 0 bridgehead atoms. The van der Waals surface area contributed by atoms with E-state index in [1.54, 1.807) is 6.07 Å². The van der Waals surface area contributed by atoms with Gasteiger partial charge in [0.15, 0.2) is 0 Å². The maximum Gasteiger partial charge on any atom is 0.273 e. The van der Waals surface area contributed by atoms with E-state index >= 15 is 0 Å². The summed E-state index contributed by atoms with van der Waals surface area (Å²) in [5.74, 6) is 0.438. The fraction of sp³-hybridized carbons (Fsp3) is 0.333. The summed E-state index contributed by atoms with van der Waals surface area (Å²) in [5, 5.41) is 19.2. The normalized spacial score (nSPS) is 9.86. The maximum atomic E-state index is 10.4. The molecule has 5 heteroatoms. The van der Waals surface area contributed by atoms with Crippen molar-refractivity contribution in [2.45, 2.75) is 6.42 Å².